The van der Waals surface area contributed by atoms with Crippen LogP contribution in [0, 0.1) is 6.92 Å². The molecule has 0 amide bonds. The predicted octanol–water partition coefficient (Wildman–Crippen LogP) is 3.37. The monoisotopic (exact) mass is 325 g/mol. The maximum absolute atomic E-state index is 11.8. The number of nitrogens with one attached hydrogen (secondary N) is 1. The number of hydrogen-bond donors (Lipinski definition) is 2. The Morgan fingerprint density at radius 1 is 1.24 bits per heavy atom. The summed E-state index contributed by atoms with van der Waals surface area (Å²) in [6.45, 7) is 2.06. The van der Waals surface area contributed by atoms with Crippen molar-refractivity contribution >= 4 is 27.1 Å². The number of sulfone groups is 1. The molecule has 0 bridgehead atoms. The molecule has 0 radical (unpaired) electrons. The van der Waals surface area contributed by atoms with E-state index in [-0.39, 0.29) is 17.2 Å². The number of anilines is 1. The molecule has 6 heteroatoms. The number of aromatic hydroxyl groups is 1. The quantitative estimate of drug-likeness (QED) is 0.904. The summed E-state index contributed by atoms with van der Waals surface area (Å²) in [7, 11) is -3.35. The van der Waals surface area contributed by atoms with E-state index in [1.165, 1.54) is 6.07 Å². The van der Waals surface area contributed by atoms with Crippen LogP contribution in [0.1, 0.15) is 11.1 Å². The van der Waals surface area contributed by atoms with Crippen molar-refractivity contribution < 1.29 is 13.5 Å². The number of rotatable bonds is 4. The SMILES string of the molecule is Cc1ccc(NCc2c(Cl)cccc2S(C)(=O)=O)cc1O. The Balaban J connectivity index is 2.30. The third-order valence-electron chi connectivity index (χ3n) is 3.15. The molecular formula is C15H16ClNO3S. The summed E-state index contributed by atoms with van der Waals surface area (Å²) in [5.41, 5.74) is 1.98. The van der Waals surface area contributed by atoms with Gasteiger partial charge in [-0.25, -0.2) is 8.42 Å². The van der Waals surface area contributed by atoms with E-state index in [0.717, 1.165) is 11.8 Å². The van der Waals surface area contributed by atoms with Crippen LogP contribution in [0.5, 0.6) is 5.75 Å². The number of benzene rings is 2. The summed E-state index contributed by atoms with van der Waals surface area (Å²) in [5, 5.41) is 13.1. The van der Waals surface area contributed by atoms with Gasteiger partial charge in [-0.3, -0.25) is 0 Å². The number of aryl methyl sites for hydroxylation is 1. The average molecular weight is 326 g/mol. The zero-order chi connectivity index (χ0) is 15.6. The van der Waals surface area contributed by atoms with Gasteiger partial charge in [0.05, 0.1) is 4.90 Å². The van der Waals surface area contributed by atoms with Gasteiger partial charge in [0, 0.05) is 35.1 Å². The molecule has 112 valence electrons. The fourth-order valence-corrected chi connectivity index (χ4v) is 3.22. The maximum Gasteiger partial charge on any atom is 0.175 e. The molecule has 0 atom stereocenters. The second-order valence-corrected chi connectivity index (χ2v) is 7.23. The first-order chi connectivity index (χ1) is 9.79. The molecular weight excluding hydrogens is 310 g/mol. The highest BCUT2D eigenvalue weighted by Gasteiger charge is 2.15. The minimum Gasteiger partial charge on any atom is -0.508 e. The average Bonchev–Trinajstić information content (AvgIpc) is 2.40. The smallest absolute Gasteiger partial charge is 0.175 e. The molecule has 0 saturated carbocycles. The van der Waals surface area contributed by atoms with Crippen LogP contribution in [-0.4, -0.2) is 19.8 Å². The zero-order valence-corrected chi connectivity index (χ0v) is 13.3. The van der Waals surface area contributed by atoms with Crippen LogP contribution in [0.3, 0.4) is 0 Å². The minimum atomic E-state index is -3.35. The first kappa shape index (κ1) is 15.7. The van der Waals surface area contributed by atoms with E-state index >= 15 is 0 Å². The van der Waals surface area contributed by atoms with Crippen LogP contribution < -0.4 is 5.32 Å². The molecule has 2 aromatic carbocycles. The van der Waals surface area contributed by atoms with Gasteiger partial charge in [0.25, 0.3) is 0 Å². The van der Waals surface area contributed by atoms with Crippen molar-refractivity contribution in [3.8, 4) is 5.75 Å². The molecule has 0 heterocycles. The fourth-order valence-electron chi connectivity index (χ4n) is 1.97. The van der Waals surface area contributed by atoms with Crippen LogP contribution in [-0.2, 0) is 16.4 Å². The van der Waals surface area contributed by atoms with Gasteiger partial charge in [-0.15, -0.1) is 0 Å². The van der Waals surface area contributed by atoms with Crippen molar-refractivity contribution in [3.05, 3.63) is 52.5 Å². The molecule has 0 unspecified atom stereocenters. The van der Waals surface area contributed by atoms with E-state index in [2.05, 4.69) is 5.32 Å². The van der Waals surface area contributed by atoms with Gasteiger partial charge in [0.1, 0.15) is 5.75 Å². The van der Waals surface area contributed by atoms with E-state index in [4.69, 9.17) is 11.6 Å². The number of hydrogen-bond acceptors (Lipinski definition) is 4. The fraction of sp³-hybridized carbons (Fsp3) is 0.200. The molecule has 2 aromatic rings. The van der Waals surface area contributed by atoms with Gasteiger partial charge in [-0.2, -0.15) is 0 Å². The Kier molecular flexibility index (Phi) is 4.44. The van der Waals surface area contributed by atoms with Crippen molar-refractivity contribution in [1.82, 2.24) is 0 Å². The van der Waals surface area contributed by atoms with Crippen molar-refractivity contribution in [2.45, 2.75) is 18.4 Å². The summed E-state index contributed by atoms with van der Waals surface area (Å²) >= 11 is 6.10. The van der Waals surface area contributed by atoms with Gasteiger partial charge >= 0.3 is 0 Å². The Morgan fingerprint density at radius 2 is 1.95 bits per heavy atom. The van der Waals surface area contributed by atoms with Crippen LogP contribution in [0.25, 0.3) is 0 Å². The van der Waals surface area contributed by atoms with Crippen molar-refractivity contribution in [3.63, 3.8) is 0 Å². The number of phenolic OH excluding ortho intramolecular Hbond substituents is 1. The highest BCUT2D eigenvalue weighted by Crippen LogP contribution is 2.26. The number of phenols is 1. The molecule has 0 spiro atoms. The molecule has 0 aliphatic heterocycles. The molecule has 0 fully saturated rings. The van der Waals surface area contributed by atoms with Crippen LogP contribution in [0.4, 0.5) is 5.69 Å². The van der Waals surface area contributed by atoms with E-state index in [9.17, 15) is 13.5 Å². The summed E-state index contributed by atoms with van der Waals surface area (Å²) in [4.78, 5) is 0.207. The molecule has 2 N–H and O–H groups in total. The van der Waals surface area contributed by atoms with Gasteiger partial charge in [0.2, 0.25) is 0 Å². The van der Waals surface area contributed by atoms with Crippen molar-refractivity contribution in [2.24, 2.45) is 0 Å². The van der Waals surface area contributed by atoms with E-state index in [1.54, 1.807) is 31.2 Å². The molecule has 2 rings (SSSR count). The van der Waals surface area contributed by atoms with Gasteiger partial charge < -0.3 is 10.4 Å². The largest absolute Gasteiger partial charge is 0.508 e. The third-order valence-corrected chi connectivity index (χ3v) is 4.69. The summed E-state index contributed by atoms with van der Waals surface area (Å²) in [5.74, 6) is 0.183. The summed E-state index contributed by atoms with van der Waals surface area (Å²) in [6.07, 6.45) is 1.15. The molecule has 21 heavy (non-hydrogen) atoms. The van der Waals surface area contributed by atoms with Gasteiger partial charge in [-0.1, -0.05) is 23.7 Å². The molecule has 4 nitrogen and oxygen atoms in total. The topological polar surface area (TPSA) is 66.4 Å². The number of halogens is 1. The molecule has 0 aliphatic rings. The summed E-state index contributed by atoms with van der Waals surface area (Å²) < 4.78 is 23.6. The lowest BCUT2D eigenvalue weighted by Crippen LogP contribution is -2.07. The van der Waals surface area contributed by atoms with E-state index in [1.807, 2.05) is 6.07 Å². The van der Waals surface area contributed by atoms with Crippen molar-refractivity contribution in [2.75, 3.05) is 11.6 Å². The van der Waals surface area contributed by atoms with Crippen LogP contribution in [0.2, 0.25) is 5.02 Å². The first-order valence-corrected chi connectivity index (χ1v) is 8.57. The van der Waals surface area contributed by atoms with Crippen molar-refractivity contribution in [1.29, 1.82) is 0 Å². The second-order valence-electron chi connectivity index (χ2n) is 4.84. The van der Waals surface area contributed by atoms with Gasteiger partial charge in [-0.05, 0) is 30.7 Å². The Labute approximate surface area is 129 Å². The van der Waals surface area contributed by atoms with Crippen LogP contribution in [0.15, 0.2) is 41.3 Å². The molecule has 0 aromatic heterocycles. The van der Waals surface area contributed by atoms with Gasteiger partial charge in [0.15, 0.2) is 9.84 Å². The van der Waals surface area contributed by atoms with E-state index < -0.39 is 9.84 Å². The Hall–Kier alpha value is -1.72. The lowest BCUT2D eigenvalue weighted by molar-refractivity contribution is 0.471. The lowest BCUT2D eigenvalue weighted by atomic mass is 10.2. The highest BCUT2D eigenvalue weighted by atomic mass is 35.5. The first-order valence-electron chi connectivity index (χ1n) is 6.30. The molecule has 0 saturated heterocycles. The Bertz CT molecular complexity index is 772. The summed E-state index contributed by atoms with van der Waals surface area (Å²) in [6, 6.07) is 9.98. The standard InChI is InChI=1S/C15H16ClNO3S/c1-10-6-7-11(8-14(10)18)17-9-12-13(16)4-3-5-15(12)21(2,19)20/h3-8,17-18H,9H2,1-2H3. The lowest BCUT2D eigenvalue weighted by Gasteiger charge is -2.12. The predicted molar refractivity (Wildman–Crippen MR) is 84.7 cm³/mol. The highest BCUT2D eigenvalue weighted by molar-refractivity contribution is 7.90. The van der Waals surface area contributed by atoms with E-state index in [0.29, 0.717) is 16.3 Å². The normalized spacial score (nSPS) is 11.4. The maximum atomic E-state index is 11.8. The molecule has 0 aliphatic carbocycles. The third kappa shape index (κ3) is 3.68. The minimum absolute atomic E-state index is 0.183. The zero-order valence-electron chi connectivity index (χ0n) is 11.7. The second kappa shape index (κ2) is 5.95. The Morgan fingerprint density at radius 3 is 2.57 bits per heavy atom. The van der Waals surface area contributed by atoms with Crippen LogP contribution >= 0.6 is 11.6 Å².